The molecule has 12 aromatic carbocycles. The summed E-state index contributed by atoms with van der Waals surface area (Å²) in [4.78, 5) is 4.85. The summed E-state index contributed by atoms with van der Waals surface area (Å²) in [7, 11) is 0. The van der Waals surface area contributed by atoms with Gasteiger partial charge in [-0.15, -0.1) is 0 Å². The van der Waals surface area contributed by atoms with Gasteiger partial charge >= 0.3 is 0 Å². The molecule has 0 aliphatic rings. The predicted molar refractivity (Wildman–Crippen MR) is 309 cm³/mol. The number of hydrogen-bond acceptors (Lipinski definition) is 4. The SMILES string of the molecule is CCc1ccc(N(c2cc(-c3ccccc3)cc(-c3ccc(C#N)cc3)c2)c2ccc3ccc4c(N(c5ccc(CC)cc5)c5cc(-c6ccccc6)cc(-c6ccc(C#N)cc6)c5)ccc5ccc2c3c54)cc1. The van der Waals surface area contributed by atoms with Crippen LogP contribution in [0.4, 0.5) is 34.1 Å². The Morgan fingerprint density at radius 3 is 0.986 bits per heavy atom. The lowest BCUT2D eigenvalue weighted by atomic mass is 9.91. The smallest absolute Gasteiger partial charge is 0.0991 e. The summed E-state index contributed by atoms with van der Waals surface area (Å²) in [5, 5.41) is 26.4. The maximum absolute atomic E-state index is 9.70. The van der Waals surface area contributed by atoms with E-state index in [0.717, 1.165) is 102 Å². The van der Waals surface area contributed by atoms with E-state index in [-0.39, 0.29) is 0 Å². The van der Waals surface area contributed by atoms with Gasteiger partial charge < -0.3 is 9.80 Å². The van der Waals surface area contributed by atoms with Crippen LogP contribution in [-0.2, 0) is 12.8 Å². The van der Waals surface area contributed by atoms with Crippen molar-refractivity contribution in [2.24, 2.45) is 0 Å². The molecular weight excluding hydrogens is 897 g/mol. The van der Waals surface area contributed by atoms with E-state index in [2.05, 4.69) is 230 Å². The Bertz CT molecular complexity index is 3800. The van der Waals surface area contributed by atoms with Gasteiger partial charge in [-0.3, -0.25) is 0 Å². The van der Waals surface area contributed by atoms with E-state index in [1.165, 1.54) is 32.7 Å². The molecule has 350 valence electrons. The highest BCUT2D eigenvalue weighted by Gasteiger charge is 2.24. The molecule has 0 bridgehead atoms. The third-order valence-electron chi connectivity index (χ3n) is 14.6. The molecule has 0 unspecified atom stereocenters. The Morgan fingerprint density at radius 2 is 0.649 bits per heavy atom. The van der Waals surface area contributed by atoms with Gasteiger partial charge in [0.25, 0.3) is 0 Å². The minimum absolute atomic E-state index is 0.633. The van der Waals surface area contributed by atoms with Crippen molar-refractivity contribution in [2.75, 3.05) is 9.80 Å². The fraction of sp³-hybridized carbons (Fsp3) is 0.0571. The van der Waals surface area contributed by atoms with Crippen LogP contribution in [0.25, 0.3) is 76.8 Å². The zero-order valence-electron chi connectivity index (χ0n) is 41.3. The van der Waals surface area contributed by atoms with E-state index >= 15 is 0 Å². The topological polar surface area (TPSA) is 54.1 Å². The van der Waals surface area contributed by atoms with Crippen LogP contribution in [0.3, 0.4) is 0 Å². The summed E-state index contributed by atoms with van der Waals surface area (Å²) < 4.78 is 0. The summed E-state index contributed by atoms with van der Waals surface area (Å²) in [6.07, 6.45) is 1.89. The number of hydrogen-bond donors (Lipinski definition) is 0. The van der Waals surface area contributed by atoms with Crippen LogP contribution in [0.15, 0.2) is 243 Å². The first-order valence-electron chi connectivity index (χ1n) is 25.4. The van der Waals surface area contributed by atoms with E-state index in [4.69, 9.17) is 0 Å². The molecule has 0 amide bonds. The van der Waals surface area contributed by atoms with E-state index in [1.807, 2.05) is 48.5 Å². The summed E-state index contributed by atoms with van der Waals surface area (Å²) in [5.74, 6) is 0. The molecule has 0 heterocycles. The summed E-state index contributed by atoms with van der Waals surface area (Å²) in [6.45, 7) is 4.40. The minimum atomic E-state index is 0.633. The Labute approximate surface area is 432 Å². The van der Waals surface area contributed by atoms with E-state index < -0.39 is 0 Å². The van der Waals surface area contributed by atoms with Gasteiger partial charge in [0.1, 0.15) is 0 Å². The molecule has 0 radical (unpaired) electrons. The van der Waals surface area contributed by atoms with Gasteiger partial charge in [0.05, 0.1) is 34.6 Å². The lowest BCUT2D eigenvalue weighted by Crippen LogP contribution is -2.12. The van der Waals surface area contributed by atoms with Gasteiger partial charge in [-0.1, -0.05) is 159 Å². The van der Waals surface area contributed by atoms with Crippen molar-refractivity contribution in [3.63, 3.8) is 0 Å². The fourth-order valence-corrected chi connectivity index (χ4v) is 10.7. The third-order valence-corrected chi connectivity index (χ3v) is 14.6. The fourth-order valence-electron chi connectivity index (χ4n) is 10.7. The summed E-state index contributed by atoms with van der Waals surface area (Å²) in [5.41, 5.74) is 18.8. The lowest BCUT2D eigenvalue weighted by molar-refractivity contribution is 1.14. The highest BCUT2D eigenvalue weighted by Crippen LogP contribution is 2.49. The molecule has 4 heteroatoms. The maximum atomic E-state index is 9.70. The van der Waals surface area contributed by atoms with Crippen LogP contribution in [-0.4, -0.2) is 0 Å². The molecule has 4 nitrogen and oxygen atoms in total. The first-order valence-corrected chi connectivity index (χ1v) is 25.4. The van der Waals surface area contributed by atoms with Crippen molar-refractivity contribution in [3.05, 3.63) is 265 Å². The standard InChI is InChI=1S/C70H50N4/c1-3-47-19-31-61(32-20-47)73(63-41-57(51-11-7-5-8-12-51)39-59(43-63)53-23-15-49(45-71)16-24-53)67-37-29-55-28-36-66-68(38-30-56-27-35-65(67)69(55)70(56)66)74(62-33-21-48(4-2)22-34-62)64-42-58(52-13-9-6-10-14-52)40-60(44-64)54-25-17-50(46-72)18-26-54/h5-44H,3-4H2,1-2H3. The Kier molecular flexibility index (Phi) is 11.9. The van der Waals surface area contributed by atoms with E-state index in [0.29, 0.717) is 11.1 Å². The van der Waals surface area contributed by atoms with Crippen molar-refractivity contribution in [1.29, 1.82) is 10.5 Å². The molecule has 0 atom stereocenters. The number of nitriles is 2. The summed E-state index contributed by atoms with van der Waals surface area (Å²) >= 11 is 0. The first-order chi connectivity index (χ1) is 36.5. The van der Waals surface area contributed by atoms with E-state index in [9.17, 15) is 10.5 Å². The number of rotatable bonds is 12. The molecule has 0 spiro atoms. The van der Waals surface area contributed by atoms with Crippen LogP contribution in [0.2, 0.25) is 0 Å². The molecular formula is C70H50N4. The van der Waals surface area contributed by atoms with Gasteiger partial charge in [0.15, 0.2) is 0 Å². The number of nitrogens with zero attached hydrogens (tertiary/aromatic N) is 4. The zero-order valence-corrected chi connectivity index (χ0v) is 41.3. The van der Waals surface area contributed by atoms with Crippen LogP contribution in [0.1, 0.15) is 36.1 Å². The molecule has 0 N–H and O–H groups in total. The van der Waals surface area contributed by atoms with Crippen LogP contribution >= 0.6 is 0 Å². The van der Waals surface area contributed by atoms with Gasteiger partial charge in [-0.2, -0.15) is 10.5 Å². The van der Waals surface area contributed by atoms with Crippen LogP contribution in [0.5, 0.6) is 0 Å². The van der Waals surface area contributed by atoms with Crippen LogP contribution in [0, 0.1) is 22.7 Å². The molecule has 0 saturated carbocycles. The minimum Gasteiger partial charge on any atom is -0.310 e. The Balaban J connectivity index is 1.10. The molecule has 0 aromatic heterocycles. The highest BCUT2D eigenvalue weighted by molar-refractivity contribution is 6.28. The largest absolute Gasteiger partial charge is 0.310 e. The van der Waals surface area contributed by atoms with Crippen molar-refractivity contribution in [2.45, 2.75) is 26.7 Å². The Hall–Kier alpha value is -9.74. The van der Waals surface area contributed by atoms with Gasteiger partial charge in [-0.25, -0.2) is 0 Å². The number of benzene rings is 12. The average Bonchev–Trinajstić information content (AvgIpc) is 3.48. The molecule has 74 heavy (non-hydrogen) atoms. The van der Waals surface area contributed by atoms with Gasteiger partial charge in [-0.05, 0) is 187 Å². The molecule has 12 aromatic rings. The lowest BCUT2D eigenvalue weighted by Gasteiger charge is -2.30. The average molecular weight is 947 g/mol. The van der Waals surface area contributed by atoms with Crippen LogP contribution < -0.4 is 9.80 Å². The first kappa shape index (κ1) is 45.4. The highest BCUT2D eigenvalue weighted by atomic mass is 15.1. The second-order valence-electron chi connectivity index (χ2n) is 19.0. The molecule has 0 aliphatic heterocycles. The third kappa shape index (κ3) is 8.45. The molecule has 0 aliphatic carbocycles. The van der Waals surface area contributed by atoms with Crippen molar-refractivity contribution < 1.29 is 0 Å². The molecule has 0 fully saturated rings. The predicted octanol–water partition coefficient (Wildman–Crippen LogP) is 19.1. The maximum Gasteiger partial charge on any atom is 0.0991 e. The second kappa shape index (κ2) is 19.5. The monoisotopic (exact) mass is 946 g/mol. The normalized spacial score (nSPS) is 11.2. The van der Waals surface area contributed by atoms with Crippen molar-refractivity contribution >= 4 is 66.4 Å². The van der Waals surface area contributed by atoms with Crippen molar-refractivity contribution in [1.82, 2.24) is 0 Å². The second-order valence-corrected chi connectivity index (χ2v) is 19.0. The molecule has 0 saturated heterocycles. The van der Waals surface area contributed by atoms with Gasteiger partial charge in [0, 0.05) is 33.5 Å². The number of aryl methyl sites for hydroxylation is 2. The summed E-state index contributed by atoms with van der Waals surface area (Å²) in [6, 6.07) is 91.6. The Morgan fingerprint density at radius 1 is 0.311 bits per heavy atom. The quantitative estimate of drug-likeness (QED) is 0.115. The number of anilines is 6. The zero-order chi connectivity index (χ0) is 50.1. The van der Waals surface area contributed by atoms with Gasteiger partial charge in [0.2, 0.25) is 0 Å². The van der Waals surface area contributed by atoms with E-state index in [1.54, 1.807) is 0 Å². The molecule has 12 rings (SSSR count). The van der Waals surface area contributed by atoms with Crippen molar-refractivity contribution in [3.8, 4) is 56.6 Å².